The van der Waals surface area contributed by atoms with E-state index in [0.29, 0.717) is 12.2 Å². The largest absolute Gasteiger partial charge is 0.379 e. The molecular weight excluding hydrogens is 294 g/mol. The van der Waals surface area contributed by atoms with Gasteiger partial charge in [-0.3, -0.25) is 14.5 Å². The number of nitrogens with one attached hydrogen (secondary N) is 2. The van der Waals surface area contributed by atoms with Gasteiger partial charge < -0.3 is 15.4 Å². The van der Waals surface area contributed by atoms with E-state index in [2.05, 4.69) is 15.5 Å². The molecule has 0 atom stereocenters. The summed E-state index contributed by atoms with van der Waals surface area (Å²) in [4.78, 5) is 26.1. The monoisotopic (exact) mass is 319 g/mol. The first-order chi connectivity index (χ1) is 11.0. The standard InChI is InChI=1S/C17H25N3O3/c1-12-10-13(2)15(14(3)11-12)19-17(22)16(21)18-4-5-20-6-8-23-9-7-20/h10-11H,4-9H2,1-3H3,(H,18,21)(H,19,22). The van der Waals surface area contributed by atoms with Crippen molar-refractivity contribution in [1.82, 2.24) is 10.2 Å². The minimum atomic E-state index is -0.623. The number of carbonyl (C=O) groups excluding carboxylic acids is 2. The van der Waals surface area contributed by atoms with Crippen molar-refractivity contribution in [1.29, 1.82) is 0 Å². The molecule has 1 aliphatic rings. The van der Waals surface area contributed by atoms with Gasteiger partial charge in [-0.1, -0.05) is 17.7 Å². The Balaban J connectivity index is 1.82. The van der Waals surface area contributed by atoms with Crippen LogP contribution in [-0.2, 0) is 14.3 Å². The molecule has 6 nitrogen and oxygen atoms in total. The van der Waals surface area contributed by atoms with Crippen LogP contribution in [0.2, 0.25) is 0 Å². The molecule has 2 N–H and O–H groups in total. The third kappa shape index (κ3) is 5.04. The number of carbonyl (C=O) groups is 2. The summed E-state index contributed by atoms with van der Waals surface area (Å²) in [5.41, 5.74) is 3.76. The minimum Gasteiger partial charge on any atom is -0.379 e. The highest BCUT2D eigenvalue weighted by atomic mass is 16.5. The maximum Gasteiger partial charge on any atom is 0.313 e. The molecule has 0 aliphatic carbocycles. The van der Waals surface area contributed by atoms with E-state index >= 15 is 0 Å². The number of hydrogen-bond acceptors (Lipinski definition) is 4. The van der Waals surface area contributed by atoms with Crippen LogP contribution in [0, 0.1) is 20.8 Å². The smallest absolute Gasteiger partial charge is 0.313 e. The zero-order valence-corrected chi connectivity index (χ0v) is 14.1. The average Bonchev–Trinajstić information content (AvgIpc) is 2.51. The Morgan fingerprint density at radius 3 is 2.30 bits per heavy atom. The lowest BCUT2D eigenvalue weighted by Crippen LogP contribution is -2.43. The fourth-order valence-electron chi connectivity index (χ4n) is 2.78. The topological polar surface area (TPSA) is 70.7 Å². The number of anilines is 1. The predicted molar refractivity (Wildman–Crippen MR) is 89.6 cm³/mol. The van der Waals surface area contributed by atoms with E-state index in [0.717, 1.165) is 49.5 Å². The van der Waals surface area contributed by atoms with Crippen LogP contribution in [0.1, 0.15) is 16.7 Å². The SMILES string of the molecule is Cc1cc(C)c(NC(=O)C(=O)NCCN2CCOCC2)c(C)c1. The van der Waals surface area contributed by atoms with Gasteiger partial charge in [0.1, 0.15) is 0 Å². The number of ether oxygens (including phenoxy) is 1. The molecule has 2 amide bonds. The van der Waals surface area contributed by atoms with Crippen LogP contribution < -0.4 is 10.6 Å². The molecule has 0 bridgehead atoms. The Morgan fingerprint density at radius 1 is 1.09 bits per heavy atom. The van der Waals surface area contributed by atoms with E-state index in [1.165, 1.54) is 0 Å². The van der Waals surface area contributed by atoms with Crippen molar-refractivity contribution < 1.29 is 14.3 Å². The maximum atomic E-state index is 12.0. The summed E-state index contributed by atoms with van der Waals surface area (Å²) in [6, 6.07) is 3.97. The van der Waals surface area contributed by atoms with Crippen LogP contribution in [0.5, 0.6) is 0 Å². The Kier molecular flexibility index (Phi) is 6.12. The molecule has 1 aromatic rings. The van der Waals surface area contributed by atoms with Gasteiger partial charge in [0.2, 0.25) is 0 Å². The molecular formula is C17H25N3O3. The van der Waals surface area contributed by atoms with Gasteiger partial charge in [-0.05, 0) is 31.9 Å². The molecule has 1 fully saturated rings. The van der Waals surface area contributed by atoms with Crippen molar-refractivity contribution in [3.8, 4) is 0 Å². The quantitative estimate of drug-likeness (QED) is 0.812. The molecule has 0 saturated carbocycles. The lowest BCUT2D eigenvalue weighted by Gasteiger charge is -2.26. The first kappa shape index (κ1) is 17.4. The zero-order valence-electron chi connectivity index (χ0n) is 14.1. The van der Waals surface area contributed by atoms with Crippen LogP contribution in [0.15, 0.2) is 12.1 Å². The van der Waals surface area contributed by atoms with Crippen molar-refractivity contribution in [3.05, 3.63) is 28.8 Å². The normalized spacial score (nSPS) is 15.3. The van der Waals surface area contributed by atoms with Crippen molar-refractivity contribution in [3.63, 3.8) is 0 Å². The van der Waals surface area contributed by atoms with E-state index < -0.39 is 11.8 Å². The first-order valence-corrected chi connectivity index (χ1v) is 7.94. The van der Waals surface area contributed by atoms with Crippen LogP contribution in [-0.4, -0.2) is 56.1 Å². The van der Waals surface area contributed by atoms with E-state index in [9.17, 15) is 9.59 Å². The molecule has 1 aliphatic heterocycles. The molecule has 0 aromatic heterocycles. The Morgan fingerprint density at radius 2 is 1.70 bits per heavy atom. The van der Waals surface area contributed by atoms with Gasteiger partial charge in [0.15, 0.2) is 0 Å². The first-order valence-electron chi connectivity index (χ1n) is 7.94. The summed E-state index contributed by atoms with van der Waals surface area (Å²) in [5, 5.41) is 5.38. The van der Waals surface area contributed by atoms with Crippen molar-refractivity contribution in [2.75, 3.05) is 44.7 Å². The molecule has 6 heteroatoms. The third-order valence-corrected chi connectivity index (χ3v) is 3.94. The van der Waals surface area contributed by atoms with E-state index in [1.54, 1.807) is 0 Å². The predicted octanol–water partition coefficient (Wildman–Crippen LogP) is 0.999. The van der Waals surface area contributed by atoms with Gasteiger partial charge in [0, 0.05) is 31.9 Å². The fraction of sp³-hybridized carbons (Fsp3) is 0.529. The third-order valence-electron chi connectivity index (χ3n) is 3.94. The summed E-state index contributed by atoms with van der Waals surface area (Å²) >= 11 is 0. The van der Waals surface area contributed by atoms with Gasteiger partial charge in [-0.15, -0.1) is 0 Å². The number of aryl methyl sites for hydroxylation is 3. The summed E-state index contributed by atoms with van der Waals surface area (Å²) in [5.74, 6) is -1.22. The number of amides is 2. The molecule has 0 unspecified atom stereocenters. The van der Waals surface area contributed by atoms with E-state index in [-0.39, 0.29) is 0 Å². The average molecular weight is 319 g/mol. The van der Waals surface area contributed by atoms with E-state index in [1.807, 2.05) is 32.9 Å². The second-order valence-electron chi connectivity index (χ2n) is 5.94. The molecule has 23 heavy (non-hydrogen) atoms. The Bertz CT molecular complexity index is 557. The molecule has 1 aromatic carbocycles. The number of nitrogens with zero attached hydrogens (tertiary/aromatic N) is 1. The molecule has 2 rings (SSSR count). The van der Waals surface area contributed by atoms with E-state index in [4.69, 9.17) is 4.74 Å². The van der Waals surface area contributed by atoms with Crippen LogP contribution in [0.25, 0.3) is 0 Å². The van der Waals surface area contributed by atoms with Gasteiger partial charge in [-0.2, -0.15) is 0 Å². The number of rotatable bonds is 4. The second-order valence-corrected chi connectivity index (χ2v) is 5.94. The maximum absolute atomic E-state index is 12.0. The Labute approximate surface area is 137 Å². The van der Waals surface area contributed by atoms with Gasteiger partial charge >= 0.3 is 11.8 Å². The molecule has 126 valence electrons. The van der Waals surface area contributed by atoms with Gasteiger partial charge in [0.05, 0.1) is 13.2 Å². The molecule has 1 saturated heterocycles. The highest BCUT2D eigenvalue weighted by molar-refractivity contribution is 6.39. The van der Waals surface area contributed by atoms with Crippen molar-refractivity contribution >= 4 is 17.5 Å². The molecule has 1 heterocycles. The molecule has 0 radical (unpaired) electrons. The number of morpholine rings is 1. The lowest BCUT2D eigenvalue weighted by atomic mass is 10.1. The number of benzene rings is 1. The molecule has 0 spiro atoms. The number of hydrogen-bond donors (Lipinski definition) is 2. The van der Waals surface area contributed by atoms with Crippen LogP contribution in [0.3, 0.4) is 0 Å². The summed E-state index contributed by atoms with van der Waals surface area (Å²) in [6.45, 7) is 10.2. The highest BCUT2D eigenvalue weighted by Crippen LogP contribution is 2.21. The van der Waals surface area contributed by atoms with Crippen LogP contribution >= 0.6 is 0 Å². The Hall–Kier alpha value is -1.92. The lowest BCUT2D eigenvalue weighted by molar-refractivity contribution is -0.136. The van der Waals surface area contributed by atoms with Crippen molar-refractivity contribution in [2.24, 2.45) is 0 Å². The summed E-state index contributed by atoms with van der Waals surface area (Å²) < 4.78 is 5.27. The minimum absolute atomic E-state index is 0.456. The van der Waals surface area contributed by atoms with Crippen LogP contribution in [0.4, 0.5) is 5.69 Å². The van der Waals surface area contributed by atoms with Gasteiger partial charge in [-0.25, -0.2) is 0 Å². The second kappa shape index (κ2) is 8.08. The zero-order chi connectivity index (χ0) is 16.8. The fourth-order valence-corrected chi connectivity index (χ4v) is 2.78. The van der Waals surface area contributed by atoms with Crippen molar-refractivity contribution in [2.45, 2.75) is 20.8 Å². The van der Waals surface area contributed by atoms with Gasteiger partial charge in [0.25, 0.3) is 0 Å². The summed E-state index contributed by atoms with van der Waals surface area (Å²) in [7, 11) is 0. The highest BCUT2D eigenvalue weighted by Gasteiger charge is 2.16. The summed E-state index contributed by atoms with van der Waals surface area (Å²) in [6.07, 6.45) is 0.